The third-order valence-corrected chi connectivity index (χ3v) is 5.01. The molecule has 4 nitrogen and oxygen atoms in total. The van der Waals surface area contributed by atoms with Crippen LogP contribution in [0.25, 0.3) is 0 Å². The standard InChI is InChI=1S/C11H21NO3S/c1-8(2)5-12(9-3-4-9)10-6-16(14,15)7-11(10)13/h8-11,13H,3-7H2,1-2H3. The van der Waals surface area contributed by atoms with E-state index in [4.69, 9.17) is 0 Å². The zero-order chi connectivity index (χ0) is 11.9. The van der Waals surface area contributed by atoms with Crippen molar-refractivity contribution in [1.82, 2.24) is 4.90 Å². The summed E-state index contributed by atoms with van der Waals surface area (Å²) in [5, 5.41) is 9.86. The van der Waals surface area contributed by atoms with Crippen molar-refractivity contribution in [1.29, 1.82) is 0 Å². The summed E-state index contributed by atoms with van der Waals surface area (Å²) >= 11 is 0. The lowest BCUT2D eigenvalue weighted by Gasteiger charge is -2.31. The van der Waals surface area contributed by atoms with E-state index >= 15 is 0 Å². The molecule has 2 unspecified atom stereocenters. The van der Waals surface area contributed by atoms with Gasteiger partial charge in [-0.15, -0.1) is 0 Å². The van der Waals surface area contributed by atoms with Crippen LogP contribution >= 0.6 is 0 Å². The highest BCUT2D eigenvalue weighted by Crippen LogP contribution is 2.32. The Hall–Kier alpha value is -0.130. The van der Waals surface area contributed by atoms with Crippen LogP contribution in [0.2, 0.25) is 0 Å². The molecule has 1 aliphatic carbocycles. The van der Waals surface area contributed by atoms with E-state index in [0.29, 0.717) is 12.0 Å². The van der Waals surface area contributed by atoms with Crippen LogP contribution < -0.4 is 0 Å². The summed E-state index contributed by atoms with van der Waals surface area (Å²) in [5.74, 6) is 0.590. The largest absolute Gasteiger partial charge is 0.390 e. The second-order valence-corrected chi connectivity index (χ2v) is 7.69. The van der Waals surface area contributed by atoms with Crippen LogP contribution in [0.1, 0.15) is 26.7 Å². The molecule has 2 fully saturated rings. The van der Waals surface area contributed by atoms with Gasteiger partial charge in [0.05, 0.1) is 23.7 Å². The Balaban J connectivity index is 2.08. The highest BCUT2D eigenvalue weighted by atomic mass is 32.2. The van der Waals surface area contributed by atoms with E-state index in [0.717, 1.165) is 19.4 Å². The zero-order valence-electron chi connectivity index (χ0n) is 9.96. The molecule has 1 aliphatic heterocycles. The van der Waals surface area contributed by atoms with Crippen molar-refractivity contribution in [3.05, 3.63) is 0 Å². The molecular weight excluding hydrogens is 226 g/mol. The predicted molar refractivity (Wildman–Crippen MR) is 63.0 cm³/mol. The van der Waals surface area contributed by atoms with E-state index in [1.807, 2.05) is 0 Å². The minimum absolute atomic E-state index is 0.0566. The molecular formula is C11H21NO3S. The maximum absolute atomic E-state index is 11.5. The first kappa shape index (κ1) is 12.3. The molecule has 0 aromatic heterocycles. The fourth-order valence-electron chi connectivity index (χ4n) is 2.51. The zero-order valence-corrected chi connectivity index (χ0v) is 10.8. The molecule has 1 saturated carbocycles. The molecule has 0 radical (unpaired) electrons. The maximum Gasteiger partial charge on any atom is 0.154 e. The average molecular weight is 247 g/mol. The van der Waals surface area contributed by atoms with Crippen LogP contribution in [0.3, 0.4) is 0 Å². The topological polar surface area (TPSA) is 57.6 Å². The monoisotopic (exact) mass is 247 g/mol. The van der Waals surface area contributed by atoms with Gasteiger partial charge in [-0.3, -0.25) is 4.90 Å². The summed E-state index contributed by atoms with van der Waals surface area (Å²) in [7, 11) is -3.02. The second-order valence-electron chi connectivity index (χ2n) is 5.53. The molecule has 2 aliphatic rings. The van der Waals surface area contributed by atoms with Gasteiger partial charge in [0, 0.05) is 12.6 Å². The smallest absolute Gasteiger partial charge is 0.154 e. The Morgan fingerprint density at radius 3 is 2.31 bits per heavy atom. The first-order valence-electron chi connectivity index (χ1n) is 6.03. The van der Waals surface area contributed by atoms with Gasteiger partial charge in [0.25, 0.3) is 0 Å². The van der Waals surface area contributed by atoms with Crippen LogP contribution in [-0.2, 0) is 9.84 Å². The van der Waals surface area contributed by atoms with Crippen molar-refractivity contribution in [2.45, 2.75) is 44.9 Å². The van der Waals surface area contributed by atoms with Gasteiger partial charge in [-0.05, 0) is 18.8 Å². The van der Waals surface area contributed by atoms with Crippen molar-refractivity contribution in [2.75, 3.05) is 18.1 Å². The molecule has 1 saturated heterocycles. The van der Waals surface area contributed by atoms with E-state index in [9.17, 15) is 13.5 Å². The van der Waals surface area contributed by atoms with Gasteiger partial charge in [-0.1, -0.05) is 13.8 Å². The number of hydrogen-bond donors (Lipinski definition) is 1. The Morgan fingerprint density at radius 2 is 1.94 bits per heavy atom. The predicted octanol–water partition coefficient (Wildman–Crippen LogP) is 0.265. The number of sulfone groups is 1. The number of nitrogens with zero attached hydrogens (tertiary/aromatic N) is 1. The third kappa shape index (κ3) is 2.76. The second kappa shape index (κ2) is 4.27. The molecule has 16 heavy (non-hydrogen) atoms. The summed E-state index contributed by atoms with van der Waals surface area (Å²) in [5.41, 5.74) is 0. The number of aliphatic hydroxyl groups is 1. The van der Waals surface area contributed by atoms with Gasteiger partial charge in [0.15, 0.2) is 9.84 Å². The molecule has 2 atom stereocenters. The van der Waals surface area contributed by atoms with Crippen molar-refractivity contribution in [3.63, 3.8) is 0 Å². The average Bonchev–Trinajstić information content (AvgIpc) is 2.89. The van der Waals surface area contributed by atoms with Crippen LogP contribution in [0.15, 0.2) is 0 Å². The van der Waals surface area contributed by atoms with Crippen molar-refractivity contribution < 1.29 is 13.5 Å². The molecule has 0 amide bonds. The number of aliphatic hydroxyl groups excluding tert-OH is 1. The number of rotatable bonds is 4. The molecule has 0 aromatic carbocycles. The van der Waals surface area contributed by atoms with Gasteiger partial charge in [0.1, 0.15) is 0 Å². The maximum atomic E-state index is 11.5. The van der Waals surface area contributed by atoms with E-state index < -0.39 is 15.9 Å². The molecule has 2 rings (SSSR count). The highest BCUT2D eigenvalue weighted by molar-refractivity contribution is 7.91. The number of hydrogen-bond acceptors (Lipinski definition) is 4. The first-order valence-corrected chi connectivity index (χ1v) is 7.85. The molecule has 94 valence electrons. The van der Waals surface area contributed by atoms with E-state index in [1.54, 1.807) is 0 Å². The van der Waals surface area contributed by atoms with E-state index in [2.05, 4.69) is 18.7 Å². The van der Waals surface area contributed by atoms with Crippen molar-refractivity contribution in [3.8, 4) is 0 Å². The molecule has 1 N–H and O–H groups in total. The minimum atomic E-state index is -3.02. The fraction of sp³-hybridized carbons (Fsp3) is 1.00. The van der Waals surface area contributed by atoms with E-state index in [1.165, 1.54) is 0 Å². The quantitative estimate of drug-likeness (QED) is 0.774. The Labute approximate surface area is 97.6 Å². The van der Waals surface area contributed by atoms with Crippen LogP contribution in [0, 0.1) is 5.92 Å². The lowest BCUT2D eigenvalue weighted by molar-refractivity contribution is 0.0699. The van der Waals surface area contributed by atoms with Gasteiger partial charge >= 0.3 is 0 Å². The molecule has 0 spiro atoms. The summed E-state index contributed by atoms with van der Waals surface area (Å²) in [4.78, 5) is 2.22. The minimum Gasteiger partial charge on any atom is -0.390 e. The molecule has 1 heterocycles. The van der Waals surface area contributed by atoms with Gasteiger partial charge in [0.2, 0.25) is 0 Å². The van der Waals surface area contributed by atoms with Crippen molar-refractivity contribution >= 4 is 9.84 Å². The van der Waals surface area contributed by atoms with Crippen LogP contribution in [-0.4, -0.2) is 54.7 Å². The summed E-state index contributed by atoms with van der Waals surface area (Å²) in [6.07, 6.45) is 1.61. The van der Waals surface area contributed by atoms with Gasteiger partial charge < -0.3 is 5.11 Å². The van der Waals surface area contributed by atoms with Crippen molar-refractivity contribution in [2.24, 2.45) is 5.92 Å². The third-order valence-electron chi connectivity index (χ3n) is 3.31. The molecule has 0 bridgehead atoms. The first-order chi connectivity index (χ1) is 7.39. The van der Waals surface area contributed by atoms with Crippen LogP contribution in [0.4, 0.5) is 0 Å². The van der Waals surface area contributed by atoms with Gasteiger partial charge in [-0.25, -0.2) is 8.42 Å². The fourth-order valence-corrected chi connectivity index (χ4v) is 4.32. The lowest BCUT2D eigenvalue weighted by atomic mass is 10.1. The Kier molecular flexibility index (Phi) is 3.29. The summed E-state index contributed by atoms with van der Waals surface area (Å²) in [6.45, 7) is 5.15. The highest BCUT2D eigenvalue weighted by Gasteiger charge is 2.44. The summed E-state index contributed by atoms with van der Waals surface area (Å²) in [6, 6.07) is 0.343. The Morgan fingerprint density at radius 1 is 1.31 bits per heavy atom. The molecule has 0 aromatic rings. The van der Waals surface area contributed by atoms with Crippen LogP contribution in [0.5, 0.6) is 0 Å². The molecule has 5 heteroatoms. The van der Waals surface area contributed by atoms with E-state index in [-0.39, 0.29) is 17.5 Å². The SMILES string of the molecule is CC(C)CN(C1CC1)C1CS(=O)(=O)CC1O. The summed E-state index contributed by atoms with van der Waals surface area (Å²) < 4.78 is 23.0. The Bertz CT molecular complexity index is 348. The van der Waals surface area contributed by atoms with Gasteiger partial charge in [-0.2, -0.15) is 0 Å². The lowest BCUT2D eigenvalue weighted by Crippen LogP contribution is -2.46. The normalized spacial score (nSPS) is 33.8.